The van der Waals surface area contributed by atoms with Gasteiger partial charge >= 0.3 is 0 Å². The van der Waals surface area contributed by atoms with Crippen LogP contribution < -0.4 is 4.72 Å². The zero-order valence-corrected chi connectivity index (χ0v) is 13.4. The largest absolute Gasteiger partial charge is 0.280 e. The van der Waals surface area contributed by atoms with E-state index in [1.807, 2.05) is 24.3 Å². The van der Waals surface area contributed by atoms with Gasteiger partial charge in [0.05, 0.1) is 5.69 Å². The maximum atomic E-state index is 12.6. The third-order valence-corrected chi connectivity index (χ3v) is 5.41. The molecule has 1 N–H and O–H groups in total. The molecule has 0 radical (unpaired) electrons. The van der Waals surface area contributed by atoms with Gasteiger partial charge in [-0.2, -0.15) is 13.5 Å². The van der Waals surface area contributed by atoms with E-state index in [0.29, 0.717) is 11.7 Å². The smallest absolute Gasteiger partial charge is 0.262 e. The normalized spacial score (nSPS) is 15.0. The fourth-order valence-corrected chi connectivity index (χ4v) is 3.79. The number of aryl methyl sites for hydroxylation is 1. The number of hydrogen-bond donors (Lipinski definition) is 1. The van der Waals surface area contributed by atoms with E-state index in [1.165, 1.54) is 4.68 Å². The minimum atomic E-state index is -3.71. The monoisotopic (exact) mass is 328 g/mol. The molecule has 6 nitrogen and oxygen atoms in total. The fraction of sp³-hybridized carbons (Fsp3) is 0.250. The lowest BCUT2D eigenvalue weighted by Crippen LogP contribution is -2.17. The molecule has 0 spiro atoms. The number of rotatable bonds is 4. The van der Waals surface area contributed by atoms with Crippen molar-refractivity contribution in [1.82, 2.24) is 14.8 Å². The summed E-state index contributed by atoms with van der Waals surface area (Å²) in [5.74, 6) is 0.710. The molecule has 1 fully saturated rings. The molecule has 1 aromatic carbocycles. The molecule has 0 unspecified atom stereocenters. The van der Waals surface area contributed by atoms with Gasteiger partial charge in [0.25, 0.3) is 10.0 Å². The van der Waals surface area contributed by atoms with Crippen LogP contribution >= 0.6 is 0 Å². The number of anilines is 1. The van der Waals surface area contributed by atoms with Crippen molar-refractivity contribution in [3.8, 4) is 0 Å². The third kappa shape index (κ3) is 2.68. The molecule has 0 bridgehead atoms. The van der Waals surface area contributed by atoms with Crippen molar-refractivity contribution in [3.05, 3.63) is 48.3 Å². The summed E-state index contributed by atoms with van der Waals surface area (Å²) in [5, 5.41) is 6.37. The lowest BCUT2D eigenvalue weighted by molar-refractivity contribution is 0.581. The number of pyridine rings is 1. The number of sulfonamides is 1. The van der Waals surface area contributed by atoms with Crippen molar-refractivity contribution < 1.29 is 8.42 Å². The molecule has 7 heteroatoms. The number of aromatic nitrogens is 3. The van der Waals surface area contributed by atoms with Gasteiger partial charge in [0.15, 0.2) is 5.03 Å². The van der Waals surface area contributed by atoms with Gasteiger partial charge in [-0.25, -0.2) is 4.98 Å². The summed E-state index contributed by atoms with van der Waals surface area (Å²) in [6.45, 7) is 0. The van der Waals surface area contributed by atoms with Gasteiger partial charge in [-0.15, -0.1) is 0 Å². The standard InChI is InChI=1S/C16H16N4O2S/c1-20-16(9-14(18-20)11-6-7-11)23(21,22)19-15-8-12-4-2-3-5-13(12)10-17-15/h2-5,8-11H,6-7H2,1H3,(H,17,19). The van der Waals surface area contributed by atoms with Crippen molar-refractivity contribution in [2.45, 2.75) is 23.8 Å². The third-order valence-electron chi connectivity index (χ3n) is 4.00. The quantitative estimate of drug-likeness (QED) is 0.799. The summed E-state index contributed by atoms with van der Waals surface area (Å²) in [7, 11) is -2.06. The van der Waals surface area contributed by atoms with E-state index in [4.69, 9.17) is 0 Å². The molecule has 2 aromatic heterocycles. The Kier molecular flexibility index (Phi) is 3.12. The van der Waals surface area contributed by atoms with Crippen LogP contribution in [0.4, 0.5) is 5.82 Å². The zero-order valence-electron chi connectivity index (χ0n) is 12.6. The zero-order chi connectivity index (χ0) is 16.0. The molecule has 118 valence electrons. The van der Waals surface area contributed by atoms with E-state index >= 15 is 0 Å². The molecule has 0 saturated heterocycles. The maximum absolute atomic E-state index is 12.6. The van der Waals surface area contributed by atoms with Crippen LogP contribution in [-0.2, 0) is 17.1 Å². The van der Waals surface area contributed by atoms with Crippen molar-refractivity contribution in [3.63, 3.8) is 0 Å². The Hall–Kier alpha value is -2.41. The fourth-order valence-electron chi connectivity index (χ4n) is 2.63. The molecular weight excluding hydrogens is 312 g/mol. The van der Waals surface area contributed by atoms with E-state index in [1.54, 1.807) is 25.4 Å². The van der Waals surface area contributed by atoms with Crippen LogP contribution in [0.3, 0.4) is 0 Å². The summed E-state index contributed by atoms with van der Waals surface area (Å²) in [6.07, 6.45) is 3.82. The van der Waals surface area contributed by atoms with Gasteiger partial charge in [0.1, 0.15) is 5.82 Å². The summed E-state index contributed by atoms with van der Waals surface area (Å²) in [5.41, 5.74) is 0.847. The highest BCUT2D eigenvalue weighted by molar-refractivity contribution is 7.92. The summed E-state index contributed by atoms with van der Waals surface area (Å²) < 4.78 is 29.2. The molecule has 1 aliphatic carbocycles. The van der Waals surface area contributed by atoms with Crippen LogP contribution in [0.1, 0.15) is 24.5 Å². The molecular formula is C16H16N4O2S. The van der Waals surface area contributed by atoms with Gasteiger partial charge in [-0.05, 0) is 24.3 Å². The SMILES string of the molecule is Cn1nc(C2CC2)cc1S(=O)(=O)Nc1cc2ccccc2cn1. The van der Waals surface area contributed by atoms with Gasteiger partial charge in [-0.3, -0.25) is 9.40 Å². The molecule has 1 saturated carbocycles. The second-order valence-corrected chi connectivity index (χ2v) is 7.46. The van der Waals surface area contributed by atoms with Crippen LogP contribution in [0, 0.1) is 0 Å². The predicted octanol–water partition coefficient (Wildman–Crippen LogP) is 2.65. The molecule has 3 aromatic rings. The lowest BCUT2D eigenvalue weighted by atomic mass is 10.2. The predicted molar refractivity (Wildman–Crippen MR) is 87.7 cm³/mol. The summed E-state index contributed by atoms with van der Waals surface area (Å²) >= 11 is 0. The van der Waals surface area contributed by atoms with Crippen LogP contribution in [0.25, 0.3) is 10.8 Å². The Morgan fingerprint density at radius 3 is 2.65 bits per heavy atom. The van der Waals surface area contributed by atoms with Crippen molar-refractivity contribution >= 4 is 26.6 Å². The average Bonchev–Trinajstić information content (AvgIpc) is 3.29. The number of benzene rings is 1. The van der Waals surface area contributed by atoms with Crippen molar-refractivity contribution in [2.75, 3.05) is 4.72 Å². The van der Waals surface area contributed by atoms with Crippen LogP contribution in [-0.4, -0.2) is 23.2 Å². The van der Waals surface area contributed by atoms with Gasteiger partial charge in [0, 0.05) is 30.6 Å². The highest BCUT2D eigenvalue weighted by atomic mass is 32.2. The highest BCUT2D eigenvalue weighted by Gasteiger charge is 2.29. The Balaban J connectivity index is 1.68. The Labute approximate surface area is 134 Å². The minimum Gasteiger partial charge on any atom is -0.262 e. The van der Waals surface area contributed by atoms with Crippen molar-refractivity contribution in [2.24, 2.45) is 7.05 Å². The Morgan fingerprint density at radius 1 is 1.17 bits per heavy atom. The molecule has 2 heterocycles. The van der Waals surface area contributed by atoms with E-state index in [0.717, 1.165) is 29.3 Å². The summed E-state index contributed by atoms with van der Waals surface area (Å²) in [6, 6.07) is 11.1. The van der Waals surface area contributed by atoms with Crippen LogP contribution in [0.2, 0.25) is 0 Å². The van der Waals surface area contributed by atoms with E-state index in [-0.39, 0.29) is 5.03 Å². The van der Waals surface area contributed by atoms with Gasteiger partial charge < -0.3 is 0 Å². The van der Waals surface area contributed by atoms with E-state index in [9.17, 15) is 8.42 Å². The second kappa shape index (κ2) is 5.06. The second-order valence-electron chi connectivity index (χ2n) is 5.83. The first-order chi connectivity index (χ1) is 11.0. The molecule has 4 rings (SSSR count). The Morgan fingerprint density at radius 2 is 1.91 bits per heavy atom. The van der Waals surface area contributed by atoms with E-state index < -0.39 is 10.0 Å². The Bertz CT molecular complexity index is 990. The number of fused-ring (bicyclic) bond motifs is 1. The van der Waals surface area contributed by atoms with Crippen LogP contribution in [0.15, 0.2) is 47.6 Å². The van der Waals surface area contributed by atoms with Crippen LogP contribution in [0.5, 0.6) is 0 Å². The maximum Gasteiger partial charge on any atom is 0.280 e. The van der Waals surface area contributed by atoms with Gasteiger partial charge in [-0.1, -0.05) is 24.3 Å². The first-order valence-electron chi connectivity index (χ1n) is 7.44. The first kappa shape index (κ1) is 14.2. The minimum absolute atomic E-state index is 0.161. The van der Waals surface area contributed by atoms with E-state index in [2.05, 4.69) is 14.8 Å². The number of nitrogens with zero attached hydrogens (tertiary/aromatic N) is 3. The molecule has 23 heavy (non-hydrogen) atoms. The average molecular weight is 328 g/mol. The first-order valence-corrected chi connectivity index (χ1v) is 8.93. The molecule has 0 amide bonds. The topological polar surface area (TPSA) is 76.9 Å². The summed E-state index contributed by atoms with van der Waals surface area (Å²) in [4.78, 5) is 4.18. The highest BCUT2D eigenvalue weighted by Crippen LogP contribution is 2.39. The molecule has 0 atom stereocenters. The van der Waals surface area contributed by atoms with Gasteiger partial charge in [0.2, 0.25) is 0 Å². The molecule has 0 aliphatic heterocycles. The number of hydrogen-bond acceptors (Lipinski definition) is 4. The van der Waals surface area contributed by atoms with Crippen molar-refractivity contribution in [1.29, 1.82) is 0 Å². The number of nitrogens with one attached hydrogen (secondary N) is 1. The molecule has 1 aliphatic rings. The lowest BCUT2D eigenvalue weighted by Gasteiger charge is -2.08.